The number of amides is 2. The first-order chi connectivity index (χ1) is 19.8. The van der Waals surface area contributed by atoms with E-state index in [-0.39, 0.29) is 22.6 Å². The Bertz CT molecular complexity index is 1690. The third kappa shape index (κ3) is 5.38. The minimum absolute atomic E-state index is 0.0615. The van der Waals surface area contributed by atoms with Gasteiger partial charge in [0.25, 0.3) is 11.8 Å². The first kappa shape index (κ1) is 28.2. The quantitative estimate of drug-likeness (QED) is 0.300. The lowest BCUT2D eigenvalue weighted by molar-refractivity contribution is -0.140. The maximum Gasteiger partial charge on any atom is 0.271 e. The van der Waals surface area contributed by atoms with Crippen molar-refractivity contribution in [3.05, 3.63) is 83.1 Å². The van der Waals surface area contributed by atoms with Crippen LogP contribution in [0, 0.1) is 11.3 Å². The molecule has 0 N–H and O–H groups in total. The molecule has 1 saturated heterocycles. The van der Waals surface area contributed by atoms with Crippen LogP contribution in [-0.2, 0) is 19.6 Å². The van der Waals surface area contributed by atoms with E-state index in [9.17, 15) is 23.3 Å². The minimum atomic E-state index is -3.60. The van der Waals surface area contributed by atoms with Crippen LogP contribution in [0.25, 0.3) is 23.0 Å². The highest BCUT2D eigenvalue weighted by Gasteiger charge is 2.35. The predicted molar refractivity (Wildman–Crippen MR) is 155 cm³/mol. The fourth-order valence-corrected chi connectivity index (χ4v) is 6.70. The van der Waals surface area contributed by atoms with Crippen LogP contribution in [0.5, 0.6) is 0 Å². The average Bonchev–Trinajstić information content (AvgIpc) is 3.43. The van der Waals surface area contributed by atoms with E-state index < -0.39 is 21.8 Å². The molecular formula is C31H31N5O4S. The van der Waals surface area contributed by atoms with Gasteiger partial charge in [-0.1, -0.05) is 43.7 Å². The number of nitriles is 1. The third-order valence-corrected chi connectivity index (χ3v) is 9.33. The maximum absolute atomic E-state index is 13.4. The van der Waals surface area contributed by atoms with Gasteiger partial charge in [0.1, 0.15) is 11.6 Å². The molecule has 3 aromatic rings. The molecule has 0 atom stereocenters. The van der Waals surface area contributed by atoms with Crippen molar-refractivity contribution in [1.29, 1.82) is 5.26 Å². The Kier molecular flexibility index (Phi) is 8.01. The monoisotopic (exact) mass is 569 g/mol. The van der Waals surface area contributed by atoms with Crippen LogP contribution in [0.4, 0.5) is 0 Å². The van der Waals surface area contributed by atoms with Gasteiger partial charge in [-0.25, -0.2) is 13.1 Å². The Balaban J connectivity index is 1.61. The van der Waals surface area contributed by atoms with Gasteiger partial charge < -0.3 is 0 Å². The second-order valence-electron chi connectivity index (χ2n) is 10.1. The topological polar surface area (TPSA) is 116 Å². The van der Waals surface area contributed by atoms with Crippen molar-refractivity contribution in [3.8, 4) is 23.0 Å². The molecule has 2 aliphatic heterocycles. The molecule has 5 rings (SSSR count). The molecular weight excluding hydrogens is 538 g/mol. The molecule has 0 saturated carbocycles. The van der Waals surface area contributed by atoms with E-state index in [0.29, 0.717) is 41.9 Å². The number of benzene rings is 2. The summed E-state index contributed by atoms with van der Waals surface area (Å²) in [5.74, 6) is -1.05. The van der Waals surface area contributed by atoms with Gasteiger partial charge in [-0.3, -0.25) is 14.5 Å². The fraction of sp³-hybridized carbons (Fsp3) is 0.290. The highest BCUT2D eigenvalue weighted by atomic mass is 32.2. The van der Waals surface area contributed by atoms with E-state index in [1.54, 1.807) is 48.1 Å². The Morgan fingerprint density at radius 3 is 2.29 bits per heavy atom. The number of carbonyl (C=O) groups is 2. The number of aromatic nitrogens is 2. The van der Waals surface area contributed by atoms with E-state index in [4.69, 9.17) is 5.10 Å². The SMILES string of the molecule is CCCN1C(=O)C(C#N)=C(C)/C(=C\c2cn(-c3ccccc3)nc2-c2ccc(S(=O)(=O)N3CCCCC3)cc2)C1=O. The minimum Gasteiger partial charge on any atom is -0.274 e. The van der Waals surface area contributed by atoms with Crippen LogP contribution in [0.3, 0.4) is 0 Å². The number of sulfonamides is 1. The summed E-state index contributed by atoms with van der Waals surface area (Å²) < 4.78 is 29.6. The van der Waals surface area contributed by atoms with Gasteiger partial charge >= 0.3 is 0 Å². The summed E-state index contributed by atoms with van der Waals surface area (Å²) in [6.45, 7) is 4.71. The first-order valence-corrected chi connectivity index (χ1v) is 15.1. The summed E-state index contributed by atoms with van der Waals surface area (Å²) in [6.07, 6.45) is 6.74. The predicted octanol–water partition coefficient (Wildman–Crippen LogP) is 4.72. The largest absolute Gasteiger partial charge is 0.274 e. The van der Waals surface area contributed by atoms with E-state index in [1.807, 2.05) is 43.3 Å². The molecule has 1 aromatic heterocycles. The zero-order chi connectivity index (χ0) is 29.1. The standard InChI is InChI=1S/C31H31N5O4S/c1-3-16-35-30(37)27(22(2)28(20-32)31(35)38)19-24-21-36(25-10-6-4-7-11-25)33-29(24)23-12-14-26(15-13-23)41(39,40)34-17-8-5-9-18-34/h4,6-7,10-15,19,21H,3,5,8-9,16-18H2,1-2H3/b27-19+. The van der Waals surface area contributed by atoms with Gasteiger partial charge in [0.2, 0.25) is 10.0 Å². The summed E-state index contributed by atoms with van der Waals surface area (Å²) >= 11 is 0. The van der Waals surface area contributed by atoms with E-state index in [0.717, 1.165) is 29.8 Å². The molecule has 2 aliphatic rings. The summed E-state index contributed by atoms with van der Waals surface area (Å²) in [4.78, 5) is 27.6. The number of rotatable bonds is 7. The normalized spacial score (nSPS) is 17.8. The Morgan fingerprint density at radius 1 is 0.976 bits per heavy atom. The molecule has 2 amide bonds. The molecule has 210 valence electrons. The number of hydrogen-bond acceptors (Lipinski definition) is 6. The van der Waals surface area contributed by atoms with Crippen LogP contribution in [0.1, 0.15) is 45.1 Å². The lowest BCUT2D eigenvalue weighted by Gasteiger charge is -2.27. The summed E-state index contributed by atoms with van der Waals surface area (Å²) in [7, 11) is -3.60. The molecule has 9 nitrogen and oxygen atoms in total. The van der Waals surface area contributed by atoms with Crippen molar-refractivity contribution in [1.82, 2.24) is 19.0 Å². The Labute approximate surface area is 240 Å². The highest BCUT2D eigenvalue weighted by molar-refractivity contribution is 7.89. The van der Waals surface area contributed by atoms with Crippen LogP contribution in [0.2, 0.25) is 0 Å². The van der Waals surface area contributed by atoms with Gasteiger partial charge in [0, 0.05) is 42.5 Å². The maximum atomic E-state index is 13.4. The van der Waals surface area contributed by atoms with E-state index >= 15 is 0 Å². The molecule has 0 spiro atoms. The van der Waals surface area contributed by atoms with Crippen LogP contribution >= 0.6 is 0 Å². The third-order valence-electron chi connectivity index (χ3n) is 7.42. The zero-order valence-corrected chi connectivity index (χ0v) is 23.9. The van der Waals surface area contributed by atoms with Crippen molar-refractivity contribution in [3.63, 3.8) is 0 Å². The van der Waals surface area contributed by atoms with Gasteiger partial charge in [0.15, 0.2) is 0 Å². The summed E-state index contributed by atoms with van der Waals surface area (Å²) in [6, 6.07) is 18.0. The Hall–Kier alpha value is -4.33. The molecule has 0 aliphatic carbocycles. The number of hydrogen-bond donors (Lipinski definition) is 0. The molecule has 10 heteroatoms. The second kappa shape index (κ2) is 11.6. The average molecular weight is 570 g/mol. The molecule has 0 bridgehead atoms. The number of imide groups is 1. The fourth-order valence-electron chi connectivity index (χ4n) is 5.18. The number of piperidine rings is 1. The van der Waals surface area contributed by atoms with Crippen molar-refractivity contribution in [2.24, 2.45) is 0 Å². The number of nitrogens with zero attached hydrogens (tertiary/aromatic N) is 5. The second-order valence-corrected chi connectivity index (χ2v) is 12.1. The van der Waals surface area contributed by atoms with Gasteiger partial charge in [0.05, 0.1) is 16.3 Å². The highest BCUT2D eigenvalue weighted by Crippen LogP contribution is 2.32. The zero-order valence-electron chi connectivity index (χ0n) is 23.1. The molecule has 0 unspecified atom stereocenters. The lowest BCUT2D eigenvalue weighted by atomic mass is 9.93. The summed E-state index contributed by atoms with van der Waals surface area (Å²) in [5, 5.41) is 14.5. The molecule has 2 aromatic carbocycles. The van der Waals surface area contributed by atoms with Crippen LogP contribution in [0.15, 0.2) is 82.4 Å². The smallest absolute Gasteiger partial charge is 0.271 e. The lowest BCUT2D eigenvalue weighted by Crippen LogP contribution is -2.43. The van der Waals surface area contributed by atoms with Crippen molar-refractivity contribution in [2.75, 3.05) is 19.6 Å². The molecule has 41 heavy (non-hydrogen) atoms. The van der Waals surface area contributed by atoms with Crippen LogP contribution in [-0.4, -0.2) is 58.9 Å². The molecule has 0 radical (unpaired) electrons. The van der Waals surface area contributed by atoms with E-state index in [2.05, 4.69) is 0 Å². The van der Waals surface area contributed by atoms with Crippen molar-refractivity contribution < 1.29 is 18.0 Å². The Morgan fingerprint density at radius 2 is 1.66 bits per heavy atom. The first-order valence-electron chi connectivity index (χ1n) is 13.7. The number of carbonyl (C=O) groups excluding carboxylic acids is 2. The summed E-state index contributed by atoms with van der Waals surface area (Å²) in [5.41, 5.74) is 3.08. The van der Waals surface area contributed by atoms with Crippen molar-refractivity contribution in [2.45, 2.75) is 44.4 Å². The van der Waals surface area contributed by atoms with E-state index in [1.165, 1.54) is 4.31 Å². The molecule has 1 fully saturated rings. The van der Waals surface area contributed by atoms with Gasteiger partial charge in [-0.05, 0) is 62.1 Å². The van der Waals surface area contributed by atoms with Gasteiger partial charge in [-0.15, -0.1) is 0 Å². The van der Waals surface area contributed by atoms with Crippen molar-refractivity contribution >= 4 is 27.9 Å². The number of para-hydroxylation sites is 1. The van der Waals surface area contributed by atoms with Crippen LogP contribution < -0.4 is 0 Å². The molecule has 3 heterocycles. The van der Waals surface area contributed by atoms with Gasteiger partial charge in [-0.2, -0.15) is 14.7 Å².